The summed E-state index contributed by atoms with van der Waals surface area (Å²) in [5.74, 6) is 0.774. The number of rotatable bonds is 4. The summed E-state index contributed by atoms with van der Waals surface area (Å²) in [6.45, 7) is 6.81. The van der Waals surface area contributed by atoms with Crippen molar-refractivity contribution >= 4 is 17.5 Å². The van der Waals surface area contributed by atoms with E-state index in [-0.39, 0.29) is 17.7 Å². The molecule has 3 aromatic rings. The van der Waals surface area contributed by atoms with E-state index < -0.39 is 0 Å². The van der Waals surface area contributed by atoms with Crippen LogP contribution in [-0.4, -0.2) is 39.8 Å². The minimum Gasteiger partial charge on any atom is -0.338 e. The molecule has 4 rings (SSSR count). The van der Waals surface area contributed by atoms with Gasteiger partial charge in [-0.1, -0.05) is 29.8 Å². The molecule has 6 nitrogen and oxygen atoms in total. The molecule has 2 aromatic carbocycles. The highest BCUT2D eigenvalue weighted by molar-refractivity contribution is 5.95. The summed E-state index contributed by atoms with van der Waals surface area (Å²) in [5, 5.41) is 2.73. The second kappa shape index (κ2) is 9.30. The molecule has 2 heterocycles. The van der Waals surface area contributed by atoms with Crippen LogP contribution >= 0.6 is 0 Å². The summed E-state index contributed by atoms with van der Waals surface area (Å²) in [7, 11) is 0. The first-order valence-electron chi connectivity index (χ1n) is 11.0. The first-order valence-corrected chi connectivity index (χ1v) is 11.0. The van der Waals surface area contributed by atoms with Gasteiger partial charge in [-0.2, -0.15) is 0 Å². The zero-order chi connectivity index (χ0) is 22.7. The molecular formula is C26H28N4O2. The molecule has 1 aliphatic rings. The summed E-state index contributed by atoms with van der Waals surface area (Å²) < 4.78 is 0. The van der Waals surface area contributed by atoms with Gasteiger partial charge in [0.25, 0.3) is 5.91 Å². The van der Waals surface area contributed by atoms with Crippen LogP contribution in [0.4, 0.5) is 5.69 Å². The van der Waals surface area contributed by atoms with E-state index in [9.17, 15) is 9.59 Å². The summed E-state index contributed by atoms with van der Waals surface area (Å²) in [6, 6.07) is 15.4. The quantitative estimate of drug-likeness (QED) is 0.651. The maximum absolute atomic E-state index is 13.2. The van der Waals surface area contributed by atoms with Crippen molar-refractivity contribution in [2.24, 2.45) is 0 Å². The van der Waals surface area contributed by atoms with Gasteiger partial charge >= 0.3 is 0 Å². The number of hydrogen-bond donors (Lipinski definition) is 1. The first kappa shape index (κ1) is 21.7. The third-order valence-electron chi connectivity index (χ3n) is 5.82. The van der Waals surface area contributed by atoms with Gasteiger partial charge in [-0.05, 0) is 56.5 Å². The van der Waals surface area contributed by atoms with E-state index in [4.69, 9.17) is 4.98 Å². The van der Waals surface area contributed by atoms with E-state index in [1.807, 2.05) is 18.0 Å². The van der Waals surface area contributed by atoms with Gasteiger partial charge in [0.15, 0.2) is 0 Å². The highest BCUT2D eigenvalue weighted by atomic mass is 16.2. The van der Waals surface area contributed by atoms with Crippen molar-refractivity contribution < 1.29 is 9.59 Å². The number of amides is 2. The molecule has 0 spiro atoms. The summed E-state index contributed by atoms with van der Waals surface area (Å²) in [6.07, 6.45) is 3.82. The van der Waals surface area contributed by atoms with E-state index >= 15 is 0 Å². The third kappa shape index (κ3) is 4.85. The van der Waals surface area contributed by atoms with E-state index in [0.29, 0.717) is 17.8 Å². The number of nitrogens with zero attached hydrogens (tertiary/aromatic N) is 3. The number of aryl methyl sites for hydroxylation is 2. The molecular weight excluding hydrogens is 400 g/mol. The molecule has 1 atom stereocenters. The third-order valence-corrected chi connectivity index (χ3v) is 5.82. The summed E-state index contributed by atoms with van der Waals surface area (Å²) in [4.78, 5) is 35.6. The zero-order valence-corrected chi connectivity index (χ0v) is 18.8. The van der Waals surface area contributed by atoms with Crippen LogP contribution in [0.15, 0.2) is 54.7 Å². The molecule has 32 heavy (non-hydrogen) atoms. The number of anilines is 1. The maximum Gasteiger partial charge on any atom is 0.253 e. The van der Waals surface area contributed by atoms with Gasteiger partial charge in [0.2, 0.25) is 5.91 Å². The van der Waals surface area contributed by atoms with Crippen molar-refractivity contribution in [2.45, 2.75) is 39.5 Å². The van der Waals surface area contributed by atoms with Crippen molar-refractivity contribution in [3.8, 4) is 11.1 Å². The number of carbonyl (C=O) groups excluding carboxylic acids is 2. The van der Waals surface area contributed by atoms with Gasteiger partial charge in [0.05, 0.1) is 5.69 Å². The number of likely N-dealkylation sites (tertiary alicyclic amines) is 1. The number of hydrogen-bond acceptors (Lipinski definition) is 4. The van der Waals surface area contributed by atoms with Gasteiger partial charge in [-0.3, -0.25) is 9.59 Å². The Labute approximate surface area is 188 Å². The highest BCUT2D eigenvalue weighted by Crippen LogP contribution is 2.33. The molecule has 6 heteroatoms. The molecule has 1 saturated heterocycles. The Morgan fingerprint density at radius 1 is 1.09 bits per heavy atom. The van der Waals surface area contributed by atoms with Gasteiger partial charge in [0.1, 0.15) is 5.82 Å². The molecule has 1 N–H and O–H groups in total. The van der Waals surface area contributed by atoms with E-state index in [2.05, 4.69) is 41.5 Å². The Kier molecular flexibility index (Phi) is 6.30. The van der Waals surface area contributed by atoms with Crippen LogP contribution in [0.3, 0.4) is 0 Å². The SMILES string of the molecule is CC(=O)Nc1ccc(C(=O)N2CCC[C@@H](c3nc(C)ncc3-c3cccc(C)c3)C2)cc1. The molecule has 1 aliphatic heterocycles. The van der Waals surface area contributed by atoms with Crippen molar-refractivity contribution in [2.75, 3.05) is 18.4 Å². The minimum absolute atomic E-state index is 0.00644. The van der Waals surface area contributed by atoms with Gasteiger partial charge in [-0.25, -0.2) is 9.97 Å². The fourth-order valence-electron chi connectivity index (χ4n) is 4.30. The normalized spacial score (nSPS) is 16.0. The van der Waals surface area contributed by atoms with Crippen LogP contribution in [0.2, 0.25) is 0 Å². The predicted molar refractivity (Wildman–Crippen MR) is 126 cm³/mol. The molecule has 0 bridgehead atoms. The molecule has 164 valence electrons. The highest BCUT2D eigenvalue weighted by Gasteiger charge is 2.28. The topological polar surface area (TPSA) is 75.2 Å². The van der Waals surface area contributed by atoms with Crippen LogP contribution in [0.5, 0.6) is 0 Å². The van der Waals surface area contributed by atoms with Crippen molar-refractivity contribution in [1.29, 1.82) is 0 Å². The second-order valence-corrected chi connectivity index (χ2v) is 8.43. The number of benzene rings is 2. The lowest BCUT2D eigenvalue weighted by Crippen LogP contribution is -2.39. The van der Waals surface area contributed by atoms with Crippen molar-refractivity contribution in [3.63, 3.8) is 0 Å². The number of piperidine rings is 1. The lowest BCUT2D eigenvalue weighted by Gasteiger charge is -2.33. The molecule has 0 unspecified atom stereocenters. The Hall–Kier alpha value is -3.54. The Balaban J connectivity index is 1.57. The molecule has 2 amide bonds. The van der Waals surface area contributed by atoms with E-state index in [1.165, 1.54) is 12.5 Å². The van der Waals surface area contributed by atoms with E-state index in [1.54, 1.807) is 24.3 Å². The number of nitrogens with one attached hydrogen (secondary N) is 1. The fraction of sp³-hybridized carbons (Fsp3) is 0.308. The van der Waals surface area contributed by atoms with Gasteiger partial charge < -0.3 is 10.2 Å². The van der Waals surface area contributed by atoms with Crippen LogP contribution in [0, 0.1) is 13.8 Å². The standard InChI is InChI=1S/C26H28N4O2/c1-17-6-4-7-21(14-17)24-15-27-18(2)28-25(24)22-8-5-13-30(16-22)26(32)20-9-11-23(12-10-20)29-19(3)31/h4,6-7,9-12,14-15,22H,5,8,13,16H2,1-3H3,(H,29,31)/t22-/m1/s1. The lowest BCUT2D eigenvalue weighted by atomic mass is 9.89. The van der Waals surface area contributed by atoms with Crippen LogP contribution in [0.1, 0.15) is 53.1 Å². The van der Waals surface area contributed by atoms with Gasteiger partial charge in [0, 0.05) is 48.9 Å². The molecule has 0 radical (unpaired) electrons. The number of aromatic nitrogens is 2. The zero-order valence-electron chi connectivity index (χ0n) is 18.8. The Bertz CT molecular complexity index is 1140. The minimum atomic E-state index is -0.132. The number of carbonyl (C=O) groups is 2. The summed E-state index contributed by atoms with van der Waals surface area (Å²) >= 11 is 0. The van der Waals surface area contributed by atoms with Crippen LogP contribution in [0.25, 0.3) is 11.1 Å². The van der Waals surface area contributed by atoms with Crippen LogP contribution < -0.4 is 5.32 Å². The Morgan fingerprint density at radius 3 is 2.59 bits per heavy atom. The lowest BCUT2D eigenvalue weighted by molar-refractivity contribution is -0.114. The van der Waals surface area contributed by atoms with Gasteiger partial charge in [-0.15, -0.1) is 0 Å². The largest absolute Gasteiger partial charge is 0.338 e. The molecule has 1 aromatic heterocycles. The average molecular weight is 429 g/mol. The monoisotopic (exact) mass is 428 g/mol. The maximum atomic E-state index is 13.2. The average Bonchev–Trinajstić information content (AvgIpc) is 2.79. The van der Waals surface area contributed by atoms with Crippen molar-refractivity contribution in [3.05, 3.63) is 77.4 Å². The van der Waals surface area contributed by atoms with Crippen molar-refractivity contribution in [1.82, 2.24) is 14.9 Å². The molecule has 0 aliphatic carbocycles. The van der Waals surface area contributed by atoms with E-state index in [0.717, 1.165) is 42.0 Å². The predicted octanol–water partition coefficient (Wildman–Crippen LogP) is 4.74. The molecule has 1 fully saturated rings. The molecule has 0 saturated carbocycles. The smallest absolute Gasteiger partial charge is 0.253 e. The Morgan fingerprint density at radius 2 is 1.88 bits per heavy atom. The summed E-state index contributed by atoms with van der Waals surface area (Å²) in [5.41, 5.74) is 5.66. The first-order chi connectivity index (χ1) is 15.4. The second-order valence-electron chi connectivity index (χ2n) is 8.43. The fourth-order valence-corrected chi connectivity index (χ4v) is 4.30. The van der Waals surface area contributed by atoms with Crippen LogP contribution in [-0.2, 0) is 4.79 Å².